The molecule has 1 aromatic rings. The first kappa shape index (κ1) is 15.8. The number of amides is 1. The lowest BCUT2D eigenvalue weighted by molar-refractivity contribution is 0.0432. The Labute approximate surface area is 125 Å². The molecule has 5 heteroatoms. The van der Waals surface area contributed by atoms with Crippen molar-refractivity contribution < 1.29 is 19.4 Å². The third kappa shape index (κ3) is 5.73. The van der Waals surface area contributed by atoms with Crippen LogP contribution in [0.5, 0.6) is 0 Å². The Hall–Kier alpha value is -1.59. The van der Waals surface area contributed by atoms with Crippen molar-refractivity contribution in [2.45, 2.75) is 31.9 Å². The Balaban J connectivity index is 1.71. The fourth-order valence-corrected chi connectivity index (χ4v) is 2.51. The molecule has 1 saturated heterocycles. The summed E-state index contributed by atoms with van der Waals surface area (Å²) in [5, 5.41) is 12.1. The van der Waals surface area contributed by atoms with Crippen LogP contribution in [0.2, 0.25) is 0 Å². The number of aliphatic hydroxyl groups excluding tert-OH is 1. The van der Waals surface area contributed by atoms with Gasteiger partial charge in [0.25, 0.3) is 0 Å². The van der Waals surface area contributed by atoms with Gasteiger partial charge in [-0.3, -0.25) is 0 Å². The van der Waals surface area contributed by atoms with Crippen molar-refractivity contribution in [3.05, 3.63) is 35.9 Å². The van der Waals surface area contributed by atoms with Crippen LogP contribution in [-0.2, 0) is 16.1 Å². The predicted molar refractivity (Wildman–Crippen MR) is 78.8 cm³/mol. The van der Waals surface area contributed by atoms with Crippen LogP contribution in [-0.4, -0.2) is 37.1 Å². The molecule has 0 bridgehead atoms. The number of benzene rings is 1. The molecule has 1 amide bonds. The summed E-state index contributed by atoms with van der Waals surface area (Å²) in [7, 11) is 0. The molecule has 5 nitrogen and oxygen atoms in total. The van der Waals surface area contributed by atoms with Crippen LogP contribution in [0.15, 0.2) is 30.3 Å². The fraction of sp³-hybridized carbons (Fsp3) is 0.562. The molecule has 21 heavy (non-hydrogen) atoms. The molecule has 1 fully saturated rings. The molecule has 0 aliphatic carbocycles. The molecule has 2 rings (SSSR count). The summed E-state index contributed by atoms with van der Waals surface area (Å²) in [5.41, 5.74) is 0.939. The van der Waals surface area contributed by atoms with Crippen LogP contribution < -0.4 is 5.32 Å². The van der Waals surface area contributed by atoms with Crippen molar-refractivity contribution in [1.29, 1.82) is 0 Å². The SMILES string of the molecule is O=C(N[C@@H](CO)C[C@@H]1CCCOC1)OCc1ccccc1. The monoisotopic (exact) mass is 293 g/mol. The first-order valence-corrected chi connectivity index (χ1v) is 7.43. The molecule has 0 unspecified atom stereocenters. The van der Waals surface area contributed by atoms with Crippen molar-refractivity contribution >= 4 is 6.09 Å². The number of hydrogen-bond acceptors (Lipinski definition) is 4. The van der Waals surface area contributed by atoms with Crippen molar-refractivity contribution in [1.82, 2.24) is 5.32 Å². The average molecular weight is 293 g/mol. The van der Waals surface area contributed by atoms with E-state index in [4.69, 9.17) is 9.47 Å². The third-order valence-electron chi connectivity index (χ3n) is 3.63. The van der Waals surface area contributed by atoms with Gasteiger partial charge in [-0.2, -0.15) is 0 Å². The highest BCUT2D eigenvalue weighted by Crippen LogP contribution is 2.18. The van der Waals surface area contributed by atoms with Crippen molar-refractivity contribution in [3.8, 4) is 0 Å². The van der Waals surface area contributed by atoms with Crippen LogP contribution in [0.4, 0.5) is 4.79 Å². The summed E-state index contributed by atoms with van der Waals surface area (Å²) >= 11 is 0. The second-order valence-corrected chi connectivity index (χ2v) is 5.40. The number of nitrogens with one attached hydrogen (secondary N) is 1. The number of carbonyl (C=O) groups is 1. The van der Waals surface area contributed by atoms with Gasteiger partial charge in [0.05, 0.1) is 12.6 Å². The Morgan fingerprint density at radius 2 is 2.24 bits per heavy atom. The summed E-state index contributed by atoms with van der Waals surface area (Å²) in [4.78, 5) is 11.8. The maximum atomic E-state index is 11.8. The maximum Gasteiger partial charge on any atom is 0.407 e. The van der Waals surface area contributed by atoms with E-state index in [1.54, 1.807) is 0 Å². The highest BCUT2D eigenvalue weighted by molar-refractivity contribution is 5.67. The molecule has 0 saturated carbocycles. The first-order chi connectivity index (χ1) is 10.3. The number of carbonyl (C=O) groups excluding carboxylic acids is 1. The van der Waals surface area contributed by atoms with Gasteiger partial charge in [-0.05, 0) is 30.7 Å². The van der Waals surface area contributed by atoms with Crippen LogP contribution in [0.1, 0.15) is 24.8 Å². The molecular weight excluding hydrogens is 270 g/mol. The van der Waals surface area contributed by atoms with Crippen molar-refractivity contribution in [3.63, 3.8) is 0 Å². The Morgan fingerprint density at radius 1 is 1.43 bits per heavy atom. The zero-order valence-corrected chi connectivity index (χ0v) is 12.2. The van der Waals surface area contributed by atoms with E-state index in [0.717, 1.165) is 31.4 Å². The zero-order valence-electron chi connectivity index (χ0n) is 12.2. The molecule has 2 N–H and O–H groups in total. The van der Waals surface area contributed by atoms with Crippen molar-refractivity contribution in [2.24, 2.45) is 5.92 Å². The van der Waals surface area contributed by atoms with Gasteiger partial charge in [0.2, 0.25) is 0 Å². The second kappa shape index (κ2) is 8.64. The van der Waals surface area contributed by atoms with Crippen LogP contribution in [0, 0.1) is 5.92 Å². The van der Waals surface area contributed by atoms with Gasteiger partial charge in [0.1, 0.15) is 6.61 Å². The minimum Gasteiger partial charge on any atom is -0.445 e. The molecule has 1 heterocycles. The number of aliphatic hydroxyl groups is 1. The van der Waals surface area contributed by atoms with E-state index in [2.05, 4.69) is 5.32 Å². The minimum atomic E-state index is -0.491. The molecule has 0 radical (unpaired) electrons. The molecule has 1 aliphatic rings. The Kier molecular flexibility index (Phi) is 6.50. The zero-order chi connectivity index (χ0) is 14.9. The van der Waals surface area contributed by atoms with E-state index in [1.807, 2.05) is 30.3 Å². The smallest absolute Gasteiger partial charge is 0.407 e. The van der Waals surface area contributed by atoms with Gasteiger partial charge >= 0.3 is 6.09 Å². The predicted octanol–water partition coefficient (Wildman–Crippen LogP) is 2.09. The fourth-order valence-electron chi connectivity index (χ4n) is 2.51. The van der Waals surface area contributed by atoms with E-state index < -0.39 is 6.09 Å². The number of ether oxygens (including phenoxy) is 2. The lowest BCUT2D eigenvalue weighted by Crippen LogP contribution is -2.40. The second-order valence-electron chi connectivity index (χ2n) is 5.40. The first-order valence-electron chi connectivity index (χ1n) is 7.43. The van der Waals surface area contributed by atoms with Crippen LogP contribution >= 0.6 is 0 Å². The third-order valence-corrected chi connectivity index (χ3v) is 3.63. The molecule has 1 aliphatic heterocycles. The van der Waals surface area contributed by atoms with Gasteiger partial charge in [0.15, 0.2) is 0 Å². The number of hydrogen-bond donors (Lipinski definition) is 2. The molecule has 0 spiro atoms. The van der Waals surface area contributed by atoms with Crippen LogP contribution in [0.3, 0.4) is 0 Å². The van der Waals surface area contributed by atoms with Gasteiger partial charge in [-0.1, -0.05) is 30.3 Å². The molecular formula is C16H23NO4. The standard InChI is InChI=1S/C16H23NO4/c18-10-15(9-14-7-4-8-20-11-14)17-16(19)21-12-13-5-2-1-3-6-13/h1-3,5-6,14-15,18H,4,7-12H2,(H,17,19)/t14-,15+/m0/s1. The lowest BCUT2D eigenvalue weighted by Gasteiger charge is -2.26. The van der Waals surface area contributed by atoms with Gasteiger partial charge in [-0.15, -0.1) is 0 Å². The quantitative estimate of drug-likeness (QED) is 0.843. The topological polar surface area (TPSA) is 67.8 Å². The normalized spacial score (nSPS) is 19.8. The summed E-state index contributed by atoms with van der Waals surface area (Å²) in [5.74, 6) is 0.394. The highest BCUT2D eigenvalue weighted by Gasteiger charge is 2.20. The van der Waals surface area contributed by atoms with Crippen LogP contribution in [0.25, 0.3) is 0 Å². The largest absolute Gasteiger partial charge is 0.445 e. The molecule has 116 valence electrons. The summed E-state index contributed by atoms with van der Waals surface area (Å²) in [6.07, 6.45) is 2.35. The molecule has 2 atom stereocenters. The Morgan fingerprint density at radius 3 is 2.90 bits per heavy atom. The van der Waals surface area contributed by atoms with E-state index in [-0.39, 0.29) is 19.3 Å². The Bertz CT molecular complexity index is 418. The van der Waals surface area contributed by atoms with E-state index in [9.17, 15) is 9.90 Å². The summed E-state index contributed by atoms with van der Waals surface area (Å²) < 4.78 is 10.6. The summed E-state index contributed by atoms with van der Waals surface area (Å²) in [6, 6.07) is 9.23. The average Bonchev–Trinajstić information content (AvgIpc) is 2.54. The number of alkyl carbamates (subject to hydrolysis) is 1. The molecule has 0 aromatic heterocycles. The van der Waals surface area contributed by atoms with Crippen molar-refractivity contribution in [2.75, 3.05) is 19.8 Å². The minimum absolute atomic E-state index is 0.0864. The highest BCUT2D eigenvalue weighted by atomic mass is 16.5. The van der Waals surface area contributed by atoms with E-state index >= 15 is 0 Å². The molecule has 1 aromatic carbocycles. The van der Waals surface area contributed by atoms with Gasteiger partial charge in [0, 0.05) is 13.2 Å². The lowest BCUT2D eigenvalue weighted by atomic mass is 9.95. The maximum absolute atomic E-state index is 11.8. The van der Waals surface area contributed by atoms with Gasteiger partial charge in [-0.25, -0.2) is 4.79 Å². The van der Waals surface area contributed by atoms with Gasteiger partial charge < -0.3 is 19.9 Å². The number of rotatable bonds is 6. The van der Waals surface area contributed by atoms with E-state index in [1.165, 1.54) is 0 Å². The summed E-state index contributed by atoms with van der Waals surface area (Å²) in [6.45, 7) is 1.67. The van der Waals surface area contributed by atoms with E-state index in [0.29, 0.717) is 12.5 Å².